The Kier molecular flexibility index (Phi) is 5.67. The lowest BCUT2D eigenvalue weighted by molar-refractivity contribution is -0.122. The van der Waals surface area contributed by atoms with Gasteiger partial charge >= 0.3 is 0 Å². The Bertz CT molecular complexity index is 682. The summed E-state index contributed by atoms with van der Waals surface area (Å²) in [5.74, 6) is 1.35. The van der Waals surface area contributed by atoms with Gasteiger partial charge in [-0.2, -0.15) is 0 Å². The highest BCUT2D eigenvalue weighted by molar-refractivity contribution is 7.91. The van der Waals surface area contributed by atoms with Crippen LogP contribution in [-0.2, 0) is 21.2 Å². The van der Waals surface area contributed by atoms with Crippen LogP contribution in [-0.4, -0.2) is 76.1 Å². The second kappa shape index (κ2) is 7.77. The van der Waals surface area contributed by atoms with Crippen molar-refractivity contribution in [1.29, 1.82) is 0 Å². The van der Waals surface area contributed by atoms with Crippen molar-refractivity contribution in [1.82, 2.24) is 30.4 Å². The van der Waals surface area contributed by atoms with Crippen molar-refractivity contribution in [2.45, 2.75) is 57.7 Å². The fourth-order valence-corrected chi connectivity index (χ4v) is 5.08. The predicted octanol–water partition coefficient (Wildman–Crippen LogP) is -0.471. The summed E-state index contributed by atoms with van der Waals surface area (Å²) in [6.07, 6.45) is 3.68. The van der Waals surface area contributed by atoms with E-state index in [0.29, 0.717) is 36.3 Å². The minimum atomic E-state index is -2.81. The lowest BCUT2D eigenvalue weighted by atomic mass is 10.0. The van der Waals surface area contributed by atoms with E-state index in [1.165, 1.54) is 0 Å². The molecule has 25 heavy (non-hydrogen) atoms. The van der Waals surface area contributed by atoms with Crippen LogP contribution >= 0.6 is 0 Å². The van der Waals surface area contributed by atoms with Gasteiger partial charge < -0.3 is 10.2 Å². The molecule has 2 aliphatic heterocycles. The van der Waals surface area contributed by atoms with E-state index in [1.54, 1.807) is 4.68 Å². The van der Waals surface area contributed by atoms with Crippen LogP contribution in [0.4, 0.5) is 0 Å². The maximum absolute atomic E-state index is 12.1. The van der Waals surface area contributed by atoms with Gasteiger partial charge in [0.15, 0.2) is 0 Å². The number of rotatable bonds is 5. The fourth-order valence-electron chi connectivity index (χ4n) is 3.61. The number of aromatic nitrogens is 4. The van der Waals surface area contributed by atoms with Crippen molar-refractivity contribution in [3.63, 3.8) is 0 Å². The molecule has 2 saturated heterocycles. The molecule has 0 saturated carbocycles. The van der Waals surface area contributed by atoms with Gasteiger partial charge in [-0.15, -0.1) is 5.10 Å². The van der Waals surface area contributed by atoms with E-state index in [0.717, 1.165) is 38.8 Å². The third-order valence-corrected chi connectivity index (χ3v) is 6.91. The van der Waals surface area contributed by atoms with Gasteiger partial charge in [0.1, 0.15) is 15.7 Å². The molecule has 0 radical (unpaired) electrons. The molecule has 10 heteroatoms. The van der Waals surface area contributed by atoms with Crippen LogP contribution in [0.1, 0.15) is 37.9 Å². The Morgan fingerprint density at radius 1 is 1.20 bits per heavy atom. The van der Waals surface area contributed by atoms with Gasteiger partial charge in [0.25, 0.3) is 0 Å². The lowest BCUT2D eigenvalue weighted by Gasteiger charge is -2.39. The van der Waals surface area contributed by atoms with E-state index < -0.39 is 9.84 Å². The summed E-state index contributed by atoms with van der Waals surface area (Å²) >= 11 is 0. The number of sulfone groups is 1. The largest absolute Gasteiger partial charge is 0.353 e. The summed E-state index contributed by atoms with van der Waals surface area (Å²) < 4.78 is 24.7. The number of carbonyl (C=O) groups is 1. The maximum Gasteiger partial charge on any atom is 0.222 e. The molecule has 140 valence electrons. The minimum Gasteiger partial charge on any atom is -0.353 e. The third kappa shape index (κ3) is 4.97. The fraction of sp³-hybridized carbons (Fsp3) is 0.867. The zero-order valence-electron chi connectivity index (χ0n) is 14.6. The van der Waals surface area contributed by atoms with Crippen molar-refractivity contribution < 1.29 is 13.2 Å². The summed E-state index contributed by atoms with van der Waals surface area (Å²) in [4.78, 5) is 14.5. The van der Waals surface area contributed by atoms with E-state index in [1.807, 2.05) is 6.92 Å². The van der Waals surface area contributed by atoms with E-state index in [4.69, 9.17) is 0 Å². The summed E-state index contributed by atoms with van der Waals surface area (Å²) in [7, 11) is -2.81. The molecule has 1 aromatic rings. The van der Waals surface area contributed by atoms with Crippen molar-refractivity contribution in [2.75, 3.05) is 24.6 Å². The highest BCUT2D eigenvalue weighted by Gasteiger charge is 2.30. The van der Waals surface area contributed by atoms with Gasteiger partial charge in [-0.1, -0.05) is 0 Å². The van der Waals surface area contributed by atoms with E-state index in [9.17, 15) is 13.2 Å². The molecule has 2 fully saturated rings. The molecule has 1 aromatic heterocycles. The van der Waals surface area contributed by atoms with Gasteiger partial charge in [0, 0.05) is 31.6 Å². The zero-order chi connectivity index (χ0) is 17.9. The lowest BCUT2D eigenvalue weighted by Crippen LogP contribution is -2.49. The molecule has 0 atom stereocenters. The summed E-state index contributed by atoms with van der Waals surface area (Å²) in [5, 5.41) is 14.3. The molecule has 0 aliphatic carbocycles. The first kappa shape index (κ1) is 18.2. The zero-order valence-corrected chi connectivity index (χ0v) is 15.4. The van der Waals surface area contributed by atoms with Crippen molar-refractivity contribution >= 4 is 15.7 Å². The van der Waals surface area contributed by atoms with Crippen LogP contribution < -0.4 is 5.32 Å². The van der Waals surface area contributed by atoms with E-state index >= 15 is 0 Å². The molecule has 0 unspecified atom stereocenters. The van der Waals surface area contributed by atoms with Crippen molar-refractivity contribution in [2.24, 2.45) is 0 Å². The molecule has 3 heterocycles. The third-order valence-electron chi connectivity index (χ3n) is 5.20. The quantitative estimate of drug-likeness (QED) is 0.746. The molecular formula is C15H26N6O3S. The number of amides is 1. The first-order valence-electron chi connectivity index (χ1n) is 8.89. The van der Waals surface area contributed by atoms with Gasteiger partial charge in [0.05, 0.1) is 18.1 Å². The van der Waals surface area contributed by atoms with Crippen LogP contribution in [0.2, 0.25) is 0 Å². The Hall–Kier alpha value is -1.55. The Balaban J connectivity index is 1.37. The number of tetrazole rings is 1. The number of likely N-dealkylation sites (tertiary alicyclic amines) is 1. The molecule has 0 spiro atoms. The second-order valence-electron chi connectivity index (χ2n) is 6.96. The number of piperidine rings is 1. The predicted molar refractivity (Wildman–Crippen MR) is 91.6 cm³/mol. The summed E-state index contributed by atoms with van der Waals surface area (Å²) in [5.41, 5.74) is 0. The average Bonchev–Trinajstić information content (AvgIpc) is 2.99. The maximum atomic E-state index is 12.1. The average molecular weight is 370 g/mol. The molecular weight excluding hydrogens is 344 g/mol. The van der Waals surface area contributed by atoms with Crippen molar-refractivity contribution in [3.8, 4) is 0 Å². The first-order valence-corrected chi connectivity index (χ1v) is 10.7. The summed E-state index contributed by atoms with van der Waals surface area (Å²) in [6, 6.07) is 0.578. The number of aryl methyl sites for hydroxylation is 2. The summed E-state index contributed by atoms with van der Waals surface area (Å²) in [6.45, 7) is 4.13. The van der Waals surface area contributed by atoms with Crippen LogP contribution in [0.15, 0.2) is 0 Å². The molecule has 9 nitrogen and oxygen atoms in total. The normalized spacial score (nSPS) is 22.8. The van der Waals surface area contributed by atoms with Crippen LogP contribution in [0, 0.1) is 6.92 Å². The van der Waals surface area contributed by atoms with Crippen LogP contribution in [0.25, 0.3) is 0 Å². The smallest absolute Gasteiger partial charge is 0.222 e. The molecule has 0 aromatic carbocycles. The second-order valence-corrected chi connectivity index (χ2v) is 9.26. The van der Waals surface area contributed by atoms with E-state index in [2.05, 4.69) is 25.7 Å². The Morgan fingerprint density at radius 2 is 1.88 bits per heavy atom. The number of hydrogen-bond acceptors (Lipinski definition) is 7. The molecule has 1 N–H and O–H groups in total. The number of nitrogens with zero attached hydrogens (tertiary/aromatic N) is 5. The highest BCUT2D eigenvalue weighted by atomic mass is 32.2. The number of hydrogen-bond donors (Lipinski definition) is 1. The van der Waals surface area contributed by atoms with Gasteiger partial charge in [0.2, 0.25) is 5.91 Å². The Morgan fingerprint density at radius 3 is 2.48 bits per heavy atom. The molecule has 1 amide bonds. The van der Waals surface area contributed by atoms with Gasteiger partial charge in [-0.05, 0) is 43.0 Å². The van der Waals surface area contributed by atoms with E-state index in [-0.39, 0.29) is 11.9 Å². The van der Waals surface area contributed by atoms with Crippen LogP contribution in [0.3, 0.4) is 0 Å². The first-order chi connectivity index (χ1) is 11.9. The van der Waals surface area contributed by atoms with Gasteiger partial charge in [-0.3, -0.25) is 4.79 Å². The number of carbonyl (C=O) groups excluding carboxylic acids is 1. The topological polar surface area (TPSA) is 110 Å². The van der Waals surface area contributed by atoms with Crippen molar-refractivity contribution in [3.05, 3.63) is 5.82 Å². The monoisotopic (exact) mass is 370 g/mol. The SMILES string of the molecule is Cc1nnnn1CCC(=O)NC1CCN(C2CCS(=O)(=O)CC2)CC1. The van der Waals surface area contributed by atoms with Crippen LogP contribution in [0.5, 0.6) is 0 Å². The molecule has 2 aliphatic rings. The standard InChI is InChI=1S/C15H26N6O3S/c1-12-17-18-19-21(12)9-4-15(22)16-13-2-7-20(8-3-13)14-5-10-25(23,24)11-6-14/h13-14H,2-11H2,1H3,(H,16,22). The molecule has 0 bridgehead atoms. The van der Waals surface area contributed by atoms with Gasteiger partial charge in [-0.25, -0.2) is 13.1 Å². The Labute approximate surface area is 148 Å². The number of nitrogens with one attached hydrogen (secondary N) is 1. The highest BCUT2D eigenvalue weighted by Crippen LogP contribution is 2.22. The minimum absolute atomic E-state index is 0.0251. The molecule has 3 rings (SSSR count).